The monoisotopic (exact) mass is 262 g/mol. The van der Waals surface area contributed by atoms with Crippen LogP contribution in [0.1, 0.15) is 25.7 Å². The Labute approximate surface area is 114 Å². The number of nitrogens with one attached hydrogen (secondary N) is 1. The molecule has 104 valence electrons. The van der Waals surface area contributed by atoms with Crippen LogP contribution in [0.25, 0.3) is 0 Å². The lowest BCUT2D eigenvalue weighted by Gasteiger charge is -2.25. The number of amides is 2. The van der Waals surface area contributed by atoms with Crippen molar-refractivity contribution in [3.05, 3.63) is 30.3 Å². The summed E-state index contributed by atoms with van der Waals surface area (Å²) < 4.78 is 5.67. The summed E-state index contributed by atoms with van der Waals surface area (Å²) in [5, 5.41) is 2.88. The fraction of sp³-hybridized carbons (Fsp3) is 0.533. The molecule has 0 aliphatic carbocycles. The molecule has 0 bridgehead atoms. The lowest BCUT2D eigenvalue weighted by Crippen LogP contribution is -2.34. The standard InChI is InChI=1S/C15H22N2O2/c1-17(11-10-14-9-5-6-12-19-14)15(18)16-13-7-3-2-4-8-13/h2-4,7-8,14H,5-6,9-12H2,1H3,(H,16,18). The third kappa shape index (κ3) is 4.56. The van der Waals surface area contributed by atoms with Gasteiger partial charge in [0.2, 0.25) is 0 Å². The van der Waals surface area contributed by atoms with Gasteiger partial charge in [-0.05, 0) is 37.8 Å². The van der Waals surface area contributed by atoms with Crippen LogP contribution >= 0.6 is 0 Å². The summed E-state index contributed by atoms with van der Waals surface area (Å²) in [5.41, 5.74) is 0.827. The van der Waals surface area contributed by atoms with Gasteiger partial charge < -0.3 is 15.0 Å². The van der Waals surface area contributed by atoms with Crippen LogP contribution in [0.4, 0.5) is 10.5 Å². The highest BCUT2D eigenvalue weighted by Gasteiger charge is 2.16. The molecule has 0 spiro atoms. The molecule has 1 aromatic rings. The van der Waals surface area contributed by atoms with Crippen molar-refractivity contribution in [2.24, 2.45) is 0 Å². The van der Waals surface area contributed by atoms with E-state index < -0.39 is 0 Å². The molecule has 1 N–H and O–H groups in total. The van der Waals surface area contributed by atoms with Crippen LogP contribution in [0, 0.1) is 0 Å². The van der Waals surface area contributed by atoms with Crippen LogP contribution in [0.2, 0.25) is 0 Å². The minimum absolute atomic E-state index is 0.0676. The van der Waals surface area contributed by atoms with Gasteiger partial charge in [-0.2, -0.15) is 0 Å². The molecule has 4 heteroatoms. The zero-order valence-corrected chi connectivity index (χ0v) is 11.5. The molecule has 1 aromatic carbocycles. The highest BCUT2D eigenvalue weighted by molar-refractivity contribution is 5.89. The van der Waals surface area contributed by atoms with Gasteiger partial charge in [-0.15, -0.1) is 0 Å². The lowest BCUT2D eigenvalue weighted by atomic mass is 10.1. The van der Waals surface area contributed by atoms with Gasteiger partial charge in [-0.25, -0.2) is 4.79 Å². The number of benzene rings is 1. The number of nitrogens with zero attached hydrogens (tertiary/aromatic N) is 1. The lowest BCUT2D eigenvalue weighted by molar-refractivity contribution is 0.00848. The van der Waals surface area contributed by atoms with Crippen LogP contribution in [-0.2, 0) is 4.74 Å². The smallest absolute Gasteiger partial charge is 0.321 e. The number of hydrogen-bond acceptors (Lipinski definition) is 2. The maximum atomic E-state index is 12.0. The van der Waals surface area contributed by atoms with Crippen molar-refractivity contribution in [2.45, 2.75) is 31.8 Å². The molecule has 1 atom stereocenters. The molecular weight excluding hydrogens is 240 g/mol. The first kappa shape index (κ1) is 13.9. The van der Waals surface area contributed by atoms with E-state index in [-0.39, 0.29) is 6.03 Å². The van der Waals surface area contributed by atoms with Crippen LogP contribution in [0.5, 0.6) is 0 Å². The number of carbonyl (C=O) groups is 1. The first-order valence-corrected chi connectivity index (χ1v) is 6.94. The first-order valence-electron chi connectivity index (χ1n) is 6.94. The topological polar surface area (TPSA) is 41.6 Å². The van der Waals surface area contributed by atoms with Crippen molar-refractivity contribution in [3.63, 3.8) is 0 Å². The maximum Gasteiger partial charge on any atom is 0.321 e. The number of anilines is 1. The van der Waals surface area contributed by atoms with Crippen LogP contribution in [-0.4, -0.2) is 37.2 Å². The SMILES string of the molecule is CN(CCC1CCCCO1)C(=O)Nc1ccccc1. The minimum Gasteiger partial charge on any atom is -0.378 e. The van der Waals surface area contributed by atoms with E-state index in [0.717, 1.165) is 31.7 Å². The van der Waals surface area contributed by atoms with Crippen molar-refractivity contribution in [2.75, 3.05) is 25.5 Å². The van der Waals surface area contributed by atoms with E-state index in [2.05, 4.69) is 5.32 Å². The Bertz CT molecular complexity index is 388. The van der Waals surface area contributed by atoms with Crippen molar-refractivity contribution in [1.29, 1.82) is 0 Å². The fourth-order valence-corrected chi connectivity index (χ4v) is 2.21. The van der Waals surface area contributed by atoms with Crippen molar-refractivity contribution in [1.82, 2.24) is 4.90 Å². The fourth-order valence-electron chi connectivity index (χ4n) is 2.21. The summed E-state index contributed by atoms with van der Waals surface area (Å²) >= 11 is 0. The van der Waals surface area contributed by atoms with E-state index in [9.17, 15) is 4.79 Å². The van der Waals surface area contributed by atoms with E-state index in [1.54, 1.807) is 4.90 Å². The van der Waals surface area contributed by atoms with Gasteiger partial charge in [0.25, 0.3) is 0 Å². The molecule has 1 unspecified atom stereocenters. The Balaban J connectivity index is 1.73. The second-order valence-electron chi connectivity index (χ2n) is 4.99. The number of rotatable bonds is 4. The molecule has 1 fully saturated rings. The average molecular weight is 262 g/mol. The molecule has 0 aromatic heterocycles. The summed E-state index contributed by atoms with van der Waals surface area (Å²) in [7, 11) is 1.82. The summed E-state index contributed by atoms with van der Waals surface area (Å²) in [6.07, 6.45) is 4.76. The Hall–Kier alpha value is -1.55. The van der Waals surface area contributed by atoms with E-state index in [4.69, 9.17) is 4.74 Å². The summed E-state index contributed by atoms with van der Waals surface area (Å²) in [5.74, 6) is 0. The summed E-state index contributed by atoms with van der Waals surface area (Å²) in [4.78, 5) is 13.7. The third-order valence-corrected chi connectivity index (χ3v) is 3.43. The molecule has 1 heterocycles. The Morgan fingerprint density at radius 1 is 1.37 bits per heavy atom. The molecule has 1 saturated heterocycles. The largest absolute Gasteiger partial charge is 0.378 e. The van der Waals surface area contributed by atoms with Gasteiger partial charge >= 0.3 is 6.03 Å². The maximum absolute atomic E-state index is 12.0. The molecule has 4 nitrogen and oxygen atoms in total. The molecule has 2 amide bonds. The van der Waals surface area contributed by atoms with Crippen LogP contribution in [0.15, 0.2) is 30.3 Å². The number of ether oxygens (including phenoxy) is 1. The quantitative estimate of drug-likeness (QED) is 0.906. The minimum atomic E-state index is -0.0676. The van der Waals surface area contributed by atoms with Crippen LogP contribution < -0.4 is 5.32 Å². The van der Waals surface area contributed by atoms with Gasteiger partial charge in [-0.1, -0.05) is 18.2 Å². The second kappa shape index (κ2) is 7.14. The zero-order chi connectivity index (χ0) is 13.5. The average Bonchev–Trinajstić information content (AvgIpc) is 2.47. The van der Waals surface area contributed by atoms with Crippen molar-refractivity contribution < 1.29 is 9.53 Å². The van der Waals surface area contributed by atoms with Crippen molar-refractivity contribution >= 4 is 11.7 Å². The number of para-hydroxylation sites is 1. The number of hydrogen-bond donors (Lipinski definition) is 1. The Morgan fingerprint density at radius 3 is 2.84 bits per heavy atom. The highest BCUT2D eigenvalue weighted by atomic mass is 16.5. The van der Waals surface area contributed by atoms with Gasteiger partial charge in [0.1, 0.15) is 0 Å². The third-order valence-electron chi connectivity index (χ3n) is 3.43. The van der Waals surface area contributed by atoms with E-state index >= 15 is 0 Å². The predicted molar refractivity (Wildman–Crippen MR) is 76.3 cm³/mol. The van der Waals surface area contributed by atoms with Crippen LogP contribution in [0.3, 0.4) is 0 Å². The van der Waals surface area contributed by atoms with Crippen molar-refractivity contribution in [3.8, 4) is 0 Å². The van der Waals surface area contributed by atoms with E-state index in [1.807, 2.05) is 37.4 Å². The first-order chi connectivity index (χ1) is 9.25. The zero-order valence-electron chi connectivity index (χ0n) is 11.5. The van der Waals surface area contributed by atoms with E-state index in [1.165, 1.54) is 12.8 Å². The Morgan fingerprint density at radius 2 is 2.16 bits per heavy atom. The molecule has 1 aliphatic rings. The Kier molecular flexibility index (Phi) is 5.21. The number of carbonyl (C=O) groups excluding carboxylic acids is 1. The summed E-state index contributed by atoms with van der Waals surface area (Å²) in [6, 6.07) is 9.45. The molecule has 0 radical (unpaired) electrons. The molecular formula is C15H22N2O2. The van der Waals surface area contributed by atoms with Gasteiger partial charge in [0.15, 0.2) is 0 Å². The predicted octanol–water partition coefficient (Wildman–Crippen LogP) is 3.11. The highest BCUT2D eigenvalue weighted by Crippen LogP contribution is 2.16. The van der Waals surface area contributed by atoms with Gasteiger partial charge in [-0.3, -0.25) is 0 Å². The second-order valence-corrected chi connectivity index (χ2v) is 4.99. The number of urea groups is 1. The summed E-state index contributed by atoms with van der Waals surface area (Å²) in [6.45, 7) is 1.59. The molecule has 2 rings (SSSR count). The van der Waals surface area contributed by atoms with Gasteiger partial charge in [0.05, 0.1) is 6.10 Å². The molecule has 1 aliphatic heterocycles. The van der Waals surface area contributed by atoms with Gasteiger partial charge in [0, 0.05) is 25.9 Å². The normalized spacial score (nSPS) is 18.9. The molecule has 19 heavy (non-hydrogen) atoms. The van der Waals surface area contributed by atoms with E-state index in [0.29, 0.717) is 6.10 Å². The molecule has 0 saturated carbocycles.